The zero-order valence-electron chi connectivity index (χ0n) is 18.5. The first kappa shape index (κ1) is 23.9. The van der Waals surface area contributed by atoms with Gasteiger partial charge in [0.25, 0.3) is 5.91 Å². The summed E-state index contributed by atoms with van der Waals surface area (Å²) in [6, 6.07) is 2.47. The average Bonchev–Trinajstić information content (AvgIpc) is 3.08. The number of morpholine rings is 1. The van der Waals surface area contributed by atoms with Gasteiger partial charge in [-0.15, -0.1) is 0 Å². The minimum Gasteiger partial charge on any atom is -0.368 e. The molecule has 3 aromatic rings. The third-order valence-electron chi connectivity index (χ3n) is 5.52. The Labute approximate surface area is 197 Å². The number of anilines is 1. The summed E-state index contributed by atoms with van der Waals surface area (Å²) in [5.74, 6) is -0.891. The first-order chi connectivity index (χ1) is 16.1. The number of halogens is 4. The zero-order valence-corrected chi connectivity index (χ0v) is 19.2. The smallest absolute Gasteiger partial charge is 0.368 e. The molecule has 9 nitrogen and oxygen atoms in total. The molecule has 0 bridgehead atoms. The van der Waals surface area contributed by atoms with E-state index < -0.39 is 36.5 Å². The first-order valence-corrected chi connectivity index (χ1v) is 10.7. The van der Waals surface area contributed by atoms with Crippen molar-refractivity contribution in [2.75, 3.05) is 18.4 Å². The molecule has 1 N–H and O–H groups in total. The highest BCUT2D eigenvalue weighted by atomic mass is 35.5. The van der Waals surface area contributed by atoms with Crippen molar-refractivity contribution in [1.29, 1.82) is 0 Å². The number of hydrogen-bond donors (Lipinski definition) is 1. The molecule has 3 aromatic heterocycles. The Balaban J connectivity index is 1.68. The van der Waals surface area contributed by atoms with Crippen LogP contribution in [0.2, 0.25) is 5.02 Å². The van der Waals surface area contributed by atoms with Gasteiger partial charge in [0.15, 0.2) is 17.3 Å². The topological polar surface area (TPSA) is 98.1 Å². The van der Waals surface area contributed by atoms with Crippen molar-refractivity contribution in [3.63, 3.8) is 0 Å². The third-order valence-corrected chi connectivity index (χ3v) is 5.74. The molecule has 1 amide bonds. The van der Waals surface area contributed by atoms with E-state index in [1.165, 1.54) is 17.8 Å². The lowest BCUT2D eigenvalue weighted by Gasteiger charge is -2.43. The second-order valence-electron chi connectivity index (χ2n) is 7.86. The summed E-state index contributed by atoms with van der Waals surface area (Å²) < 4.78 is 48.4. The largest absolute Gasteiger partial charge is 0.373 e. The fraction of sp³-hybridized carbons (Fsp3) is 0.381. The van der Waals surface area contributed by atoms with Gasteiger partial charge in [-0.3, -0.25) is 9.48 Å². The van der Waals surface area contributed by atoms with Crippen LogP contribution in [0.4, 0.5) is 19.0 Å². The number of carbonyl (C=O) groups is 1. The molecule has 2 atom stereocenters. The highest BCUT2D eigenvalue weighted by molar-refractivity contribution is 6.30. The van der Waals surface area contributed by atoms with E-state index in [1.54, 1.807) is 26.1 Å². The fourth-order valence-electron chi connectivity index (χ4n) is 3.75. The Morgan fingerprint density at radius 1 is 1.26 bits per heavy atom. The molecular formula is C21H21ClF3N7O2. The third kappa shape index (κ3) is 4.82. The minimum absolute atomic E-state index is 0.0588. The van der Waals surface area contributed by atoms with Crippen LogP contribution in [0.5, 0.6) is 0 Å². The van der Waals surface area contributed by atoms with Gasteiger partial charge in [0.2, 0.25) is 0 Å². The number of amides is 1. The quantitative estimate of drug-likeness (QED) is 0.580. The van der Waals surface area contributed by atoms with Crippen LogP contribution >= 0.6 is 11.6 Å². The molecule has 0 saturated carbocycles. The average molecular weight is 496 g/mol. The van der Waals surface area contributed by atoms with Crippen LogP contribution in [0, 0.1) is 12.7 Å². The molecule has 1 saturated heterocycles. The fourth-order valence-corrected chi connectivity index (χ4v) is 3.86. The molecule has 0 radical (unpaired) electrons. The molecule has 4 heterocycles. The van der Waals surface area contributed by atoms with Crippen LogP contribution in [-0.4, -0.2) is 66.9 Å². The maximum absolute atomic E-state index is 14.4. The van der Waals surface area contributed by atoms with Crippen molar-refractivity contribution in [3.05, 3.63) is 53.0 Å². The lowest BCUT2D eigenvalue weighted by Crippen LogP contribution is -2.61. The van der Waals surface area contributed by atoms with Crippen LogP contribution < -0.4 is 5.32 Å². The Bertz CT molecular complexity index is 1190. The number of carbonyl (C=O) groups excluding carboxylic acids is 1. The molecule has 1 unspecified atom stereocenters. The number of aromatic nitrogens is 5. The van der Waals surface area contributed by atoms with Gasteiger partial charge in [0.05, 0.1) is 35.1 Å². The SMILES string of the molecule is Cc1c(-c2ncc(F)cn2)c(C(=O)N2CC(F)(F)O[C@@H](C)C2CNc2ccc(Cl)cn2)nn1C. The Kier molecular flexibility index (Phi) is 6.45. The molecule has 0 spiro atoms. The van der Waals surface area contributed by atoms with Crippen molar-refractivity contribution in [2.45, 2.75) is 32.1 Å². The van der Waals surface area contributed by atoms with Gasteiger partial charge in [0.1, 0.15) is 12.4 Å². The maximum atomic E-state index is 14.4. The minimum atomic E-state index is -3.56. The number of pyridine rings is 1. The van der Waals surface area contributed by atoms with Crippen molar-refractivity contribution >= 4 is 23.3 Å². The van der Waals surface area contributed by atoms with E-state index >= 15 is 0 Å². The molecule has 1 aliphatic heterocycles. The second-order valence-corrected chi connectivity index (χ2v) is 8.30. The molecule has 1 aliphatic rings. The van der Waals surface area contributed by atoms with E-state index in [9.17, 15) is 18.0 Å². The number of ether oxygens (including phenoxy) is 1. The summed E-state index contributed by atoms with van der Waals surface area (Å²) in [6.07, 6.45) is -1.21. The van der Waals surface area contributed by atoms with E-state index in [2.05, 4.69) is 25.4 Å². The van der Waals surface area contributed by atoms with Gasteiger partial charge >= 0.3 is 6.11 Å². The molecule has 0 aromatic carbocycles. The van der Waals surface area contributed by atoms with E-state index in [1.807, 2.05) is 0 Å². The second kappa shape index (κ2) is 9.18. The van der Waals surface area contributed by atoms with Crippen molar-refractivity contribution in [1.82, 2.24) is 29.6 Å². The van der Waals surface area contributed by atoms with Crippen LogP contribution in [0.15, 0.2) is 30.7 Å². The molecule has 1 fully saturated rings. The Hall–Kier alpha value is -3.25. The Morgan fingerprint density at radius 2 is 1.97 bits per heavy atom. The summed E-state index contributed by atoms with van der Waals surface area (Å²) in [7, 11) is 1.60. The predicted molar refractivity (Wildman–Crippen MR) is 117 cm³/mol. The predicted octanol–water partition coefficient (Wildman–Crippen LogP) is 3.31. The van der Waals surface area contributed by atoms with Gasteiger partial charge in [-0.05, 0) is 26.0 Å². The van der Waals surface area contributed by atoms with Gasteiger partial charge in [0, 0.05) is 25.5 Å². The molecule has 180 valence electrons. The standard InChI is InChI=1S/C21H21ClF3N7O2/c1-11-17(19-28-7-14(23)8-29-19)18(30-31(11)3)20(33)32-10-21(24,25)34-12(2)15(32)9-27-16-5-4-13(22)6-26-16/h4-8,12,15H,9-10H2,1-3H3,(H,26,27)/t12-,15?/m0/s1. The van der Waals surface area contributed by atoms with Crippen molar-refractivity contribution < 1.29 is 22.7 Å². The maximum Gasteiger partial charge on any atom is 0.373 e. The Morgan fingerprint density at radius 3 is 2.62 bits per heavy atom. The molecule has 0 aliphatic carbocycles. The van der Waals surface area contributed by atoms with Crippen LogP contribution in [0.1, 0.15) is 23.1 Å². The number of hydrogen-bond acceptors (Lipinski definition) is 7. The van der Waals surface area contributed by atoms with Crippen LogP contribution in [0.25, 0.3) is 11.4 Å². The normalized spacial score (nSPS) is 19.8. The summed E-state index contributed by atoms with van der Waals surface area (Å²) in [4.78, 5) is 26.6. The van der Waals surface area contributed by atoms with Crippen molar-refractivity contribution in [3.8, 4) is 11.4 Å². The van der Waals surface area contributed by atoms with Crippen molar-refractivity contribution in [2.24, 2.45) is 7.05 Å². The monoisotopic (exact) mass is 495 g/mol. The van der Waals surface area contributed by atoms with Gasteiger partial charge in [-0.1, -0.05) is 11.6 Å². The van der Waals surface area contributed by atoms with E-state index in [4.69, 9.17) is 16.3 Å². The number of nitrogens with one attached hydrogen (secondary N) is 1. The number of rotatable bonds is 5. The lowest BCUT2D eigenvalue weighted by atomic mass is 10.1. The highest BCUT2D eigenvalue weighted by Crippen LogP contribution is 2.32. The number of alkyl halides is 2. The summed E-state index contributed by atoms with van der Waals surface area (Å²) >= 11 is 5.85. The highest BCUT2D eigenvalue weighted by Gasteiger charge is 2.48. The first-order valence-electron chi connectivity index (χ1n) is 10.3. The van der Waals surface area contributed by atoms with E-state index in [-0.39, 0.29) is 23.6 Å². The van der Waals surface area contributed by atoms with E-state index in [0.717, 1.165) is 17.3 Å². The molecular weight excluding hydrogens is 475 g/mol. The van der Waals surface area contributed by atoms with Crippen LogP contribution in [0.3, 0.4) is 0 Å². The number of nitrogens with zero attached hydrogens (tertiary/aromatic N) is 6. The molecule has 13 heteroatoms. The summed E-state index contributed by atoms with van der Waals surface area (Å²) in [5.41, 5.74) is 0.634. The van der Waals surface area contributed by atoms with Gasteiger partial charge in [-0.2, -0.15) is 13.9 Å². The molecule has 4 rings (SSSR count). The summed E-state index contributed by atoms with van der Waals surface area (Å²) in [5, 5.41) is 7.70. The van der Waals surface area contributed by atoms with Gasteiger partial charge < -0.3 is 15.0 Å². The zero-order chi connectivity index (χ0) is 24.6. The number of aryl methyl sites for hydroxylation is 1. The van der Waals surface area contributed by atoms with Crippen LogP contribution in [-0.2, 0) is 11.8 Å². The summed E-state index contributed by atoms with van der Waals surface area (Å²) in [6.45, 7) is 2.23. The van der Waals surface area contributed by atoms with E-state index in [0.29, 0.717) is 16.5 Å². The van der Waals surface area contributed by atoms with Gasteiger partial charge in [-0.25, -0.2) is 19.3 Å². The lowest BCUT2D eigenvalue weighted by molar-refractivity contribution is -0.298. The molecule has 34 heavy (non-hydrogen) atoms.